The van der Waals surface area contributed by atoms with E-state index in [1.807, 2.05) is 22.9 Å². The van der Waals surface area contributed by atoms with E-state index in [1.165, 1.54) is 12.8 Å². The molecule has 6 nitrogen and oxygen atoms in total. The first kappa shape index (κ1) is 20.0. The normalized spacial score (nSPS) is 18.6. The first-order valence-corrected chi connectivity index (χ1v) is 10.8. The minimum absolute atomic E-state index is 0.0996. The fraction of sp³-hybridized carbons (Fsp3) is 0.565. The lowest BCUT2D eigenvalue weighted by Crippen LogP contribution is -2.46. The van der Waals surface area contributed by atoms with Gasteiger partial charge < -0.3 is 10.2 Å². The highest BCUT2D eigenvalue weighted by Crippen LogP contribution is 2.29. The smallest absolute Gasteiger partial charge is 0.320 e. The zero-order chi connectivity index (χ0) is 20.6. The summed E-state index contributed by atoms with van der Waals surface area (Å²) >= 11 is 0. The number of nitrogens with zero attached hydrogens (tertiary/aromatic N) is 3. The van der Waals surface area contributed by atoms with Gasteiger partial charge in [0.25, 0.3) is 0 Å². The summed E-state index contributed by atoms with van der Waals surface area (Å²) in [6.07, 6.45) is 4.73. The number of urea groups is 1. The molecule has 156 valence electrons. The van der Waals surface area contributed by atoms with Crippen molar-refractivity contribution >= 4 is 11.8 Å². The highest BCUT2D eigenvalue weighted by atomic mass is 16.2. The maximum Gasteiger partial charge on any atom is 0.320 e. The highest BCUT2D eigenvalue weighted by Gasteiger charge is 2.32. The van der Waals surface area contributed by atoms with Crippen LogP contribution in [-0.4, -0.2) is 45.9 Å². The van der Waals surface area contributed by atoms with E-state index < -0.39 is 0 Å². The number of likely N-dealkylation sites (tertiary alicyclic amines) is 1. The molecular weight excluding hydrogens is 362 g/mol. The lowest BCUT2D eigenvalue weighted by atomic mass is 9.92. The summed E-state index contributed by atoms with van der Waals surface area (Å²) in [5.74, 6) is 0.702. The number of rotatable bonds is 4. The quantitative estimate of drug-likeness (QED) is 0.814. The van der Waals surface area contributed by atoms with Crippen LogP contribution in [-0.2, 0) is 5.41 Å². The molecule has 2 aromatic rings. The minimum Gasteiger partial charge on any atom is -0.335 e. The van der Waals surface area contributed by atoms with Gasteiger partial charge in [-0.05, 0) is 50.3 Å². The number of hydrogen-bond acceptors (Lipinski definition) is 3. The van der Waals surface area contributed by atoms with E-state index in [0.29, 0.717) is 5.82 Å². The molecule has 2 amide bonds. The second-order valence-electron chi connectivity index (χ2n) is 9.56. The van der Waals surface area contributed by atoms with Gasteiger partial charge in [0.15, 0.2) is 0 Å². The molecule has 1 aliphatic heterocycles. The van der Waals surface area contributed by atoms with Gasteiger partial charge in [0.2, 0.25) is 0 Å². The second-order valence-corrected chi connectivity index (χ2v) is 9.56. The monoisotopic (exact) mass is 395 g/mol. The maximum atomic E-state index is 12.7. The maximum absolute atomic E-state index is 12.7. The molecule has 1 aromatic carbocycles. The van der Waals surface area contributed by atoms with Gasteiger partial charge in [-0.2, -0.15) is 5.10 Å². The Balaban J connectivity index is 1.46. The third kappa shape index (κ3) is 4.81. The van der Waals surface area contributed by atoms with E-state index in [0.717, 1.165) is 48.9 Å². The molecule has 2 N–H and O–H groups in total. The van der Waals surface area contributed by atoms with Crippen LogP contribution >= 0.6 is 0 Å². The molecule has 29 heavy (non-hydrogen) atoms. The van der Waals surface area contributed by atoms with Gasteiger partial charge >= 0.3 is 6.03 Å². The van der Waals surface area contributed by atoms with Crippen molar-refractivity contribution in [2.24, 2.45) is 0 Å². The number of nitrogens with one attached hydrogen (secondary N) is 2. The fourth-order valence-electron chi connectivity index (χ4n) is 3.98. The van der Waals surface area contributed by atoms with E-state index in [9.17, 15) is 4.79 Å². The molecular formula is C23H33N5O. The first-order chi connectivity index (χ1) is 13.8. The average Bonchev–Trinajstić information content (AvgIpc) is 3.41. The van der Waals surface area contributed by atoms with Crippen molar-refractivity contribution in [2.45, 2.75) is 70.9 Å². The summed E-state index contributed by atoms with van der Waals surface area (Å²) in [7, 11) is 0. The zero-order valence-corrected chi connectivity index (χ0v) is 18.0. The molecule has 4 rings (SSSR count). The predicted octanol–water partition coefficient (Wildman–Crippen LogP) is 4.23. The van der Waals surface area contributed by atoms with Crippen molar-refractivity contribution in [2.75, 3.05) is 18.4 Å². The molecule has 0 unspecified atom stereocenters. The van der Waals surface area contributed by atoms with Crippen molar-refractivity contribution in [1.29, 1.82) is 0 Å². The van der Waals surface area contributed by atoms with E-state index in [1.54, 1.807) is 0 Å². The summed E-state index contributed by atoms with van der Waals surface area (Å²) in [4.78, 5) is 15.3. The number of aromatic nitrogens is 2. The average molecular weight is 396 g/mol. The summed E-state index contributed by atoms with van der Waals surface area (Å²) in [5.41, 5.74) is 2.96. The lowest BCUT2D eigenvalue weighted by molar-refractivity contribution is 0.189. The SMILES string of the molecule is Cc1cccc(-n2nc(C(C)(C)C)cc2NC(=O)NC2CCN(C3CC3)CC2)c1. The van der Waals surface area contributed by atoms with Crippen LogP contribution in [0.3, 0.4) is 0 Å². The Labute approximate surface area is 173 Å². The van der Waals surface area contributed by atoms with Crippen molar-refractivity contribution in [3.63, 3.8) is 0 Å². The van der Waals surface area contributed by atoms with Gasteiger partial charge in [0, 0.05) is 36.7 Å². The van der Waals surface area contributed by atoms with E-state index in [2.05, 4.69) is 55.4 Å². The number of carbonyl (C=O) groups is 1. The molecule has 6 heteroatoms. The molecule has 0 radical (unpaired) electrons. The van der Waals surface area contributed by atoms with Crippen molar-refractivity contribution < 1.29 is 4.79 Å². The zero-order valence-electron chi connectivity index (χ0n) is 18.0. The molecule has 1 aliphatic carbocycles. The molecule has 1 saturated carbocycles. The van der Waals surface area contributed by atoms with Gasteiger partial charge in [-0.25, -0.2) is 9.48 Å². The molecule has 0 atom stereocenters. The number of benzene rings is 1. The molecule has 2 aliphatic rings. The lowest BCUT2D eigenvalue weighted by Gasteiger charge is -2.32. The van der Waals surface area contributed by atoms with Crippen LogP contribution in [0.4, 0.5) is 10.6 Å². The Kier molecular flexibility index (Phi) is 5.38. The number of hydrogen-bond donors (Lipinski definition) is 2. The van der Waals surface area contributed by atoms with Crippen LogP contribution in [0.25, 0.3) is 5.69 Å². The minimum atomic E-state index is -0.149. The highest BCUT2D eigenvalue weighted by molar-refractivity contribution is 5.89. The first-order valence-electron chi connectivity index (χ1n) is 10.8. The summed E-state index contributed by atoms with van der Waals surface area (Å²) < 4.78 is 1.84. The van der Waals surface area contributed by atoms with Crippen LogP contribution in [0, 0.1) is 6.92 Å². The van der Waals surface area contributed by atoms with Crippen LogP contribution in [0.1, 0.15) is 57.7 Å². The van der Waals surface area contributed by atoms with Crippen molar-refractivity contribution in [3.05, 3.63) is 41.6 Å². The number of anilines is 1. The van der Waals surface area contributed by atoms with Crippen molar-refractivity contribution in [1.82, 2.24) is 20.0 Å². The van der Waals surface area contributed by atoms with E-state index >= 15 is 0 Å². The second kappa shape index (κ2) is 7.82. The fourth-order valence-corrected chi connectivity index (χ4v) is 3.98. The van der Waals surface area contributed by atoms with Gasteiger partial charge in [-0.3, -0.25) is 5.32 Å². The molecule has 2 heterocycles. The number of amides is 2. The molecule has 1 saturated heterocycles. The van der Waals surface area contributed by atoms with Gasteiger partial charge in [0.1, 0.15) is 5.82 Å². The molecule has 1 aromatic heterocycles. The number of carbonyl (C=O) groups excluding carboxylic acids is 1. The van der Waals surface area contributed by atoms with Gasteiger partial charge in [-0.1, -0.05) is 32.9 Å². The topological polar surface area (TPSA) is 62.2 Å². The summed E-state index contributed by atoms with van der Waals surface area (Å²) in [5, 5.41) is 11.0. The summed E-state index contributed by atoms with van der Waals surface area (Å²) in [6.45, 7) is 10.6. The Bertz CT molecular complexity index is 870. The van der Waals surface area contributed by atoms with Gasteiger partial charge in [-0.15, -0.1) is 0 Å². The predicted molar refractivity (Wildman–Crippen MR) is 117 cm³/mol. The van der Waals surface area contributed by atoms with Crippen LogP contribution in [0.2, 0.25) is 0 Å². The molecule has 0 bridgehead atoms. The third-order valence-corrected chi connectivity index (χ3v) is 5.89. The van der Waals surface area contributed by atoms with Crippen LogP contribution in [0.15, 0.2) is 30.3 Å². The Hall–Kier alpha value is -2.34. The number of aryl methyl sites for hydroxylation is 1. The molecule has 0 spiro atoms. The number of piperidine rings is 1. The Morgan fingerprint density at radius 3 is 2.45 bits per heavy atom. The standard InChI is InChI=1S/C23H33N5O/c1-16-6-5-7-19(14-16)28-21(15-20(26-28)23(2,3)4)25-22(29)24-17-10-12-27(13-11-17)18-8-9-18/h5-7,14-15,17-18H,8-13H2,1-4H3,(H2,24,25,29). The Morgan fingerprint density at radius 1 is 1.10 bits per heavy atom. The van der Waals surface area contributed by atoms with Gasteiger partial charge in [0.05, 0.1) is 11.4 Å². The van der Waals surface area contributed by atoms with Crippen LogP contribution in [0.5, 0.6) is 0 Å². The third-order valence-electron chi connectivity index (χ3n) is 5.89. The van der Waals surface area contributed by atoms with Crippen molar-refractivity contribution in [3.8, 4) is 5.69 Å². The molecule has 2 fully saturated rings. The van der Waals surface area contributed by atoms with Crippen LogP contribution < -0.4 is 10.6 Å². The Morgan fingerprint density at radius 2 is 1.83 bits per heavy atom. The summed E-state index contributed by atoms with van der Waals surface area (Å²) in [6, 6.07) is 11.1. The largest absolute Gasteiger partial charge is 0.335 e. The van der Waals surface area contributed by atoms with E-state index in [-0.39, 0.29) is 17.5 Å². The van der Waals surface area contributed by atoms with E-state index in [4.69, 9.17) is 5.10 Å².